The molecule has 0 spiro atoms. The molecule has 0 aliphatic heterocycles. The fraction of sp³-hybridized carbons (Fsp3) is 0.231. The molecule has 1 heterocycles. The molecule has 0 bridgehead atoms. The third kappa shape index (κ3) is 2.94. The highest BCUT2D eigenvalue weighted by atomic mass is 19.1. The third-order valence-corrected chi connectivity index (χ3v) is 2.47. The summed E-state index contributed by atoms with van der Waals surface area (Å²) in [6, 6.07) is 6.15. The summed E-state index contributed by atoms with van der Waals surface area (Å²) < 4.78 is 22.9. The van der Waals surface area contributed by atoms with E-state index in [1.165, 1.54) is 12.1 Å². The van der Waals surface area contributed by atoms with Gasteiger partial charge >= 0.3 is 0 Å². The zero-order valence-electron chi connectivity index (χ0n) is 9.80. The second-order valence-electron chi connectivity index (χ2n) is 3.84. The van der Waals surface area contributed by atoms with Crippen LogP contribution in [0.5, 0.6) is 0 Å². The normalized spacial score (nSPS) is 12.1. The van der Waals surface area contributed by atoms with Crippen LogP contribution in [0.2, 0.25) is 0 Å². The minimum atomic E-state index is -0.510. The number of aromatic nitrogens is 1. The van der Waals surface area contributed by atoms with E-state index in [0.29, 0.717) is 24.5 Å². The first-order valence-corrected chi connectivity index (χ1v) is 5.47. The Bertz CT molecular complexity index is 521. The number of ether oxygens (including phenoxy) is 1. The van der Waals surface area contributed by atoms with Crippen LogP contribution in [0.15, 0.2) is 34.9 Å². The summed E-state index contributed by atoms with van der Waals surface area (Å²) in [5.74, 6) is 0.710. The van der Waals surface area contributed by atoms with Crippen molar-refractivity contribution < 1.29 is 18.3 Å². The standard InChI is InChI=1S/C13H12FNO3/c1-9(17-8-16)13-15-7-12(18-13)6-10-2-4-11(14)5-3-10/h2-5,7-9H,6H2,1H3. The minimum Gasteiger partial charge on any atom is -0.455 e. The monoisotopic (exact) mass is 249 g/mol. The number of benzene rings is 1. The zero-order chi connectivity index (χ0) is 13.0. The second-order valence-corrected chi connectivity index (χ2v) is 3.84. The quantitative estimate of drug-likeness (QED) is 0.764. The van der Waals surface area contributed by atoms with Gasteiger partial charge in [0.15, 0.2) is 6.10 Å². The van der Waals surface area contributed by atoms with Crippen LogP contribution in [0.25, 0.3) is 0 Å². The lowest BCUT2D eigenvalue weighted by atomic mass is 10.1. The maximum atomic E-state index is 12.7. The van der Waals surface area contributed by atoms with E-state index in [1.54, 1.807) is 25.3 Å². The Morgan fingerprint density at radius 1 is 1.44 bits per heavy atom. The molecule has 0 fully saturated rings. The molecule has 18 heavy (non-hydrogen) atoms. The first-order valence-electron chi connectivity index (χ1n) is 5.47. The average Bonchev–Trinajstić information content (AvgIpc) is 2.81. The van der Waals surface area contributed by atoms with Crippen molar-refractivity contribution in [1.82, 2.24) is 4.98 Å². The van der Waals surface area contributed by atoms with E-state index in [0.717, 1.165) is 5.56 Å². The van der Waals surface area contributed by atoms with Gasteiger partial charge in [-0.1, -0.05) is 12.1 Å². The molecular formula is C13H12FNO3. The van der Waals surface area contributed by atoms with E-state index in [1.807, 2.05) is 0 Å². The summed E-state index contributed by atoms with van der Waals surface area (Å²) in [7, 11) is 0. The Labute approximate surface area is 103 Å². The molecule has 0 saturated carbocycles. The van der Waals surface area contributed by atoms with Crippen molar-refractivity contribution >= 4 is 6.47 Å². The largest absolute Gasteiger partial charge is 0.455 e. The molecule has 0 N–H and O–H groups in total. The smallest absolute Gasteiger partial charge is 0.293 e. The predicted octanol–water partition coefficient (Wildman–Crippen LogP) is 2.64. The molecule has 2 aromatic rings. The molecular weight excluding hydrogens is 237 g/mol. The van der Waals surface area contributed by atoms with Gasteiger partial charge in [-0.3, -0.25) is 4.79 Å². The molecule has 5 heteroatoms. The molecule has 0 aliphatic carbocycles. The van der Waals surface area contributed by atoms with Crippen LogP contribution in [0.1, 0.15) is 30.2 Å². The van der Waals surface area contributed by atoms with Crippen LogP contribution in [0.3, 0.4) is 0 Å². The number of carbonyl (C=O) groups excluding carboxylic acids is 1. The second kappa shape index (κ2) is 5.44. The van der Waals surface area contributed by atoms with Crippen molar-refractivity contribution in [2.75, 3.05) is 0 Å². The Hall–Kier alpha value is -2.17. The number of rotatable bonds is 5. The molecule has 0 radical (unpaired) electrons. The van der Waals surface area contributed by atoms with E-state index in [4.69, 9.17) is 9.15 Å². The third-order valence-electron chi connectivity index (χ3n) is 2.47. The van der Waals surface area contributed by atoms with Gasteiger partial charge in [-0.05, 0) is 24.6 Å². The van der Waals surface area contributed by atoms with Gasteiger partial charge in [0.2, 0.25) is 5.89 Å². The van der Waals surface area contributed by atoms with Crippen molar-refractivity contribution in [3.63, 3.8) is 0 Å². The maximum absolute atomic E-state index is 12.7. The molecule has 1 aromatic heterocycles. The molecule has 0 saturated heterocycles. The van der Waals surface area contributed by atoms with Crippen molar-refractivity contribution in [1.29, 1.82) is 0 Å². The average molecular weight is 249 g/mol. The van der Waals surface area contributed by atoms with Crippen LogP contribution in [-0.2, 0) is 16.0 Å². The summed E-state index contributed by atoms with van der Waals surface area (Å²) in [6.07, 6.45) is 1.58. The summed E-state index contributed by atoms with van der Waals surface area (Å²) in [5.41, 5.74) is 0.919. The number of carbonyl (C=O) groups is 1. The summed E-state index contributed by atoms with van der Waals surface area (Å²) in [5, 5.41) is 0. The van der Waals surface area contributed by atoms with Gasteiger partial charge in [0.1, 0.15) is 11.6 Å². The van der Waals surface area contributed by atoms with Crippen LogP contribution >= 0.6 is 0 Å². The van der Waals surface area contributed by atoms with Gasteiger partial charge in [-0.15, -0.1) is 0 Å². The number of hydrogen-bond acceptors (Lipinski definition) is 4. The Balaban J connectivity index is 2.06. The lowest BCUT2D eigenvalue weighted by Gasteiger charge is -2.03. The van der Waals surface area contributed by atoms with Crippen LogP contribution in [0, 0.1) is 5.82 Å². The van der Waals surface area contributed by atoms with E-state index >= 15 is 0 Å². The zero-order valence-corrected chi connectivity index (χ0v) is 9.80. The van der Waals surface area contributed by atoms with Crippen LogP contribution in [-0.4, -0.2) is 11.5 Å². The maximum Gasteiger partial charge on any atom is 0.293 e. The van der Waals surface area contributed by atoms with Gasteiger partial charge in [0, 0.05) is 6.42 Å². The number of oxazole rings is 1. The predicted molar refractivity (Wildman–Crippen MR) is 61.3 cm³/mol. The number of nitrogens with zero attached hydrogens (tertiary/aromatic N) is 1. The fourth-order valence-electron chi connectivity index (χ4n) is 1.54. The molecule has 0 amide bonds. The van der Waals surface area contributed by atoms with Gasteiger partial charge in [0.25, 0.3) is 6.47 Å². The Kier molecular flexibility index (Phi) is 3.72. The number of halogens is 1. The van der Waals surface area contributed by atoms with Gasteiger partial charge < -0.3 is 9.15 Å². The number of hydrogen-bond donors (Lipinski definition) is 0. The minimum absolute atomic E-state index is 0.273. The highest BCUT2D eigenvalue weighted by molar-refractivity contribution is 5.37. The Morgan fingerprint density at radius 2 is 2.17 bits per heavy atom. The molecule has 1 atom stereocenters. The first kappa shape index (κ1) is 12.3. The fourth-order valence-corrected chi connectivity index (χ4v) is 1.54. The van der Waals surface area contributed by atoms with Crippen molar-refractivity contribution in [3.05, 3.63) is 53.5 Å². The van der Waals surface area contributed by atoms with Gasteiger partial charge in [-0.2, -0.15) is 0 Å². The van der Waals surface area contributed by atoms with Gasteiger partial charge in [-0.25, -0.2) is 9.37 Å². The SMILES string of the molecule is CC(OC=O)c1ncc(Cc2ccc(F)cc2)o1. The highest BCUT2D eigenvalue weighted by Gasteiger charge is 2.13. The topological polar surface area (TPSA) is 52.3 Å². The highest BCUT2D eigenvalue weighted by Crippen LogP contribution is 2.18. The van der Waals surface area contributed by atoms with Crippen LogP contribution < -0.4 is 0 Å². The first-order chi connectivity index (χ1) is 8.69. The van der Waals surface area contributed by atoms with Gasteiger partial charge in [0.05, 0.1) is 6.20 Å². The molecule has 4 nitrogen and oxygen atoms in total. The van der Waals surface area contributed by atoms with E-state index in [2.05, 4.69) is 4.98 Å². The van der Waals surface area contributed by atoms with Crippen molar-refractivity contribution in [2.24, 2.45) is 0 Å². The summed E-state index contributed by atoms with van der Waals surface area (Å²) >= 11 is 0. The molecule has 1 aromatic carbocycles. The lowest BCUT2D eigenvalue weighted by Crippen LogP contribution is -1.97. The molecule has 2 rings (SSSR count). The molecule has 0 aliphatic rings. The Morgan fingerprint density at radius 3 is 2.83 bits per heavy atom. The lowest BCUT2D eigenvalue weighted by molar-refractivity contribution is -0.134. The van der Waals surface area contributed by atoms with Crippen molar-refractivity contribution in [2.45, 2.75) is 19.4 Å². The molecule has 1 unspecified atom stereocenters. The summed E-state index contributed by atoms with van der Waals surface area (Å²) in [6.45, 7) is 2.02. The molecule has 94 valence electrons. The van der Waals surface area contributed by atoms with E-state index < -0.39 is 6.10 Å². The van der Waals surface area contributed by atoms with E-state index in [9.17, 15) is 9.18 Å². The van der Waals surface area contributed by atoms with Crippen LogP contribution in [0.4, 0.5) is 4.39 Å². The van der Waals surface area contributed by atoms with E-state index in [-0.39, 0.29) is 5.82 Å². The van der Waals surface area contributed by atoms with Crippen molar-refractivity contribution in [3.8, 4) is 0 Å². The summed E-state index contributed by atoms with van der Waals surface area (Å²) in [4.78, 5) is 14.2.